The second-order valence-corrected chi connectivity index (χ2v) is 13.1. The molecular formula is C38H48N4O5. The molecule has 0 radical (unpaired) electrons. The molecule has 0 unspecified atom stereocenters. The average molecular weight is 641 g/mol. The molecule has 3 aromatic rings. The van der Waals surface area contributed by atoms with Crippen molar-refractivity contribution < 1.29 is 23.9 Å². The van der Waals surface area contributed by atoms with Crippen molar-refractivity contribution in [3.63, 3.8) is 0 Å². The molecule has 0 saturated carbocycles. The Labute approximate surface area is 278 Å². The van der Waals surface area contributed by atoms with Crippen molar-refractivity contribution in [3.8, 4) is 0 Å². The van der Waals surface area contributed by atoms with E-state index in [9.17, 15) is 19.2 Å². The molecule has 0 aliphatic carbocycles. The lowest BCUT2D eigenvalue weighted by Crippen LogP contribution is -2.45. The molecule has 1 aliphatic heterocycles. The van der Waals surface area contributed by atoms with Gasteiger partial charge in [-0.3, -0.25) is 14.4 Å². The Kier molecular flexibility index (Phi) is 12.6. The minimum Gasteiger partial charge on any atom is -0.444 e. The van der Waals surface area contributed by atoms with Crippen molar-refractivity contribution in [2.24, 2.45) is 5.92 Å². The summed E-state index contributed by atoms with van der Waals surface area (Å²) in [4.78, 5) is 52.5. The summed E-state index contributed by atoms with van der Waals surface area (Å²) in [5, 5.41) is 8.64. The van der Waals surface area contributed by atoms with Crippen LogP contribution in [-0.4, -0.2) is 67.0 Å². The van der Waals surface area contributed by atoms with Gasteiger partial charge in [0.15, 0.2) is 0 Å². The third-order valence-corrected chi connectivity index (χ3v) is 8.33. The fourth-order valence-corrected chi connectivity index (χ4v) is 6.07. The van der Waals surface area contributed by atoms with E-state index in [2.05, 4.69) is 16.0 Å². The second-order valence-electron chi connectivity index (χ2n) is 13.1. The Morgan fingerprint density at radius 1 is 0.702 bits per heavy atom. The van der Waals surface area contributed by atoms with Crippen molar-refractivity contribution >= 4 is 23.8 Å². The van der Waals surface area contributed by atoms with Crippen LogP contribution in [0.5, 0.6) is 0 Å². The first-order chi connectivity index (χ1) is 22.6. The van der Waals surface area contributed by atoms with Gasteiger partial charge in [-0.1, -0.05) is 91.0 Å². The van der Waals surface area contributed by atoms with Gasteiger partial charge in [0.1, 0.15) is 5.60 Å². The highest BCUT2D eigenvalue weighted by Crippen LogP contribution is 2.42. The topological polar surface area (TPSA) is 117 Å². The number of benzene rings is 3. The fourth-order valence-electron chi connectivity index (χ4n) is 6.07. The number of carbonyl (C=O) groups excluding carboxylic acids is 4. The minimum absolute atomic E-state index is 0.102. The van der Waals surface area contributed by atoms with Crippen molar-refractivity contribution in [3.05, 3.63) is 108 Å². The quantitative estimate of drug-likeness (QED) is 0.223. The molecule has 250 valence electrons. The summed E-state index contributed by atoms with van der Waals surface area (Å²) in [7, 11) is 0. The van der Waals surface area contributed by atoms with E-state index in [0.29, 0.717) is 19.6 Å². The number of likely N-dealkylation sites (tertiary alicyclic amines) is 1. The summed E-state index contributed by atoms with van der Waals surface area (Å²) >= 11 is 0. The van der Waals surface area contributed by atoms with Gasteiger partial charge >= 0.3 is 6.09 Å². The highest BCUT2D eigenvalue weighted by atomic mass is 16.6. The maximum atomic E-state index is 13.5. The maximum absolute atomic E-state index is 13.5. The molecule has 0 aromatic heterocycles. The lowest BCUT2D eigenvalue weighted by atomic mass is 9.67. The van der Waals surface area contributed by atoms with Crippen LogP contribution >= 0.6 is 0 Å². The van der Waals surface area contributed by atoms with E-state index in [1.54, 1.807) is 4.90 Å². The number of amides is 4. The van der Waals surface area contributed by atoms with E-state index in [0.717, 1.165) is 29.5 Å². The minimum atomic E-state index is -0.713. The Balaban J connectivity index is 1.22. The Hall–Kier alpha value is -4.66. The number of rotatable bonds is 13. The van der Waals surface area contributed by atoms with Crippen LogP contribution in [0.3, 0.4) is 0 Å². The van der Waals surface area contributed by atoms with Gasteiger partial charge in [-0.25, -0.2) is 4.79 Å². The van der Waals surface area contributed by atoms with Gasteiger partial charge in [0.2, 0.25) is 17.7 Å². The standard InChI is InChI=1S/C38H48N4O5/c1-37(2,3)47-36(46)42-25-13-14-29(28-42)27-41-34(44)22-23-39-33(43)21-24-40-35(45)26-38(30-15-7-4-8-16-30,31-17-9-5-10-18-31)32-19-11-6-12-20-32/h4-12,15-20,29H,13-14,21-28H2,1-3H3,(H,39,43)(H,40,45)(H,41,44)/t29-/m1/s1. The summed E-state index contributed by atoms with van der Waals surface area (Å²) in [6.45, 7) is 7.58. The lowest BCUT2D eigenvalue weighted by Gasteiger charge is -2.35. The maximum Gasteiger partial charge on any atom is 0.410 e. The van der Waals surface area contributed by atoms with Gasteiger partial charge in [0, 0.05) is 52.0 Å². The molecule has 1 atom stereocenters. The van der Waals surface area contributed by atoms with E-state index in [1.165, 1.54) is 0 Å². The van der Waals surface area contributed by atoms with Gasteiger partial charge in [-0.2, -0.15) is 0 Å². The molecule has 1 fully saturated rings. The van der Waals surface area contributed by atoms with E-state index in [1.807, 2.05) is 112 Å². The van der Waals surface area contributed by atoms with Crippen LogP contribution in [0.25, 0.3) is 0 Å². The smallest absolute Gasteiger partial charge is 0.410 e. The van der Waals surface area contributed by atoms with Crippen LogP contribution < -0.4 is 16.0 Å². The molecule has 4 amide bonds. The van der Waals surface area contributed by atoms with Crippen LogP contribution in [0.2, 0.25) is 0 Å². The highest BCUT2D eigenvalue weighted by Gasteiger charge is 2.38. The van der Waals surface area contributed by atoms with E-state index in [4.69, 9.17) is 4.74 Å². The number of ether oxygens (including phenoxy) is 1. The molecule has 9 nitrogen and oxygen atoms in total. The lowest BCUT2D eigenvalue weighted by molar-refractivity contribution is -0.122. The second kappa shape index (κ2) is 16.8. The zero-order valence-electron chi connectivity index (χ0n) is 27.8. The number of hydrogen-bond acceptors (Lipinski definition) is 5. The van der Waals surface area contributed by atoms with Gasteiger partial charge in [0.05, 0.1) is 5.41 Å². The zero-order chi connectivity index (χ0) is 33.7. The number of hydrogen-bond donors (Lipinski definition) is 3. The molecule has 47 heavy (non-hydrogen) atoms. The van der Waals surface area contributed by atoms with Crippen molar-refractivity contribution in [1.82, 2.24) is 20.9 Å². The van der Waals surface area contributed by atoms with Gasteiger partial charge in [-0.05, 0) is 56.2 Å². The Morgan fingerprint density at radius 2 is 1.17 bits per heavy atom. The molecule has 0 spiro atoms. The number of piperidine rings is 1. The third kappa shape index (κ3) is 10.4. The first kappa shape index (κ1) is 35.2. The van der Waals surface area contributed by atoms with Crippen LogP contribution in [0.4, 0.5) is 4.79 Å². The summed E-state index contributed by atoms with van der Waals surface area (Å²) < 4.78 is 5.48. The molecular weight excluding hydrogens is 592 g/mol. The molecule has 0 bridgehead atoms. The van der Waals surface area contributed by atoms with Crippen molar-refractivity contribution in [2.75, 3.05) is 32.7 Å². The number of carbonyl (C=O) groups is 4. The van der Waals surface area contributed by atoms with Gasteiger partial charge < -0.3 is 25.6 Å². The zero-order valence-corrected chi connectivity index (χ0v) is 27.8. The molecule has 1 heterocycles. The predicted molar refractivity (Wildman–Crippen MR) is 183 cm³/mol. The van der Waals surface area contributed by atoms with E-state index in [-0.39, 0.29) is 62.1 Å². The van der Waals surface area contributed by atoms with Crippen LogP contribution in [0.15, 0.2) is 91.0 Å². The van der Waals surface area contributed by atoms with Gasteiger partial charge in [0.25, 0.3) is 0 Å². The molecule has 3 N–H and O–H groups in total. The first-order valence-corrected chi connectivity index (χ1v) is 16.5. The summed E-state index contributed by atoms with van der Waals surface area (Å²) in [5.41, 5.74) is 1.76. The SMILES string of the molecule is CC(C)(C)OC(=O)N1CCC[C@H](CNC(=O)CCNC(=O)CCNC(=O)CC(c2ccccc2)(c2ccccc2)c2ccccc2)C1. The monoisotopic (exact) mass is 640 g/mol. The summed E-state index contributed by atoms with van der Waals surface area (Å²) in [6.07, 6.45) is 1.88. The molecule has 9 heteroatoms. The molecule has 4 rings (SSSR count). The van der Waals surface area contributed by atoms with E-state index < -0.39 is 11.0 Å². The summed E-state index contributed by atoms with van der Waals surface area (Å²) in [5.74, 6) is -0.407. The molecule has 1 aliphatic rings. The van der Waals surface area contributed by atoms with Crippen LogP contribution in [0.1, 0.15) is 69.6 Å². The van der Waals surface area contributed by atoms with Crippen LogP contribution in [0, 0.1) is 5.92 Å². The van der Waals surface area contributed by atoms with Crippen molar-refractivity contribution in [1.29, 1.82) is 0 Å². The molecule has 1 saturated heterocycles. The average Bonchev–Trinajstić information content (AvgIpc) is 3.07. The molecule has 3 aromatic carbocycles. The largest absolute Gasteiger partial charge is 0.444 e. The predicted octanol–water partition coefficient (Wildman–Crippen LogP) is 5.19. The third-order valence-electron chi connectivity index (χ3n) is 8.33. The van der Waals surface area contributed by atoms with Crippen LogP contribution in [-0.2, 0) is 24.5 Å². The summed E-state index contributed by atoms with van der Waals surface area (Å²) in [6, 6.07) is 30.1. The van der Waals surface area contributed by atoms with E-state index >= 15 is 0 Å². The Bertz CT molecular complexity index is 1360. The van der Waals surface area contributed by atoms with Gasteiger partial charge in [-0.15, -0.1) is 0 Å². The Morgan fingerprint density at radius 3 is 1.66 bits per heavy atom. The highest BCUT2D eigenvalue weighted by molar-refractivity contribution is 5.82. The normalized spacial score (nSPS) is 15.0. The fraction of sp³-hybridized carbons (Fsp3) is 0.421. The number of nitrogens with zero attached hydrogens (tertiary/aromatic N) is 1. The number of nitrogens with one attached hydrogen (secondary N) is 3. The first-order valence-electron chi connectivity index (χ1n) is 16.5. The van der Waals surface area contributed by atoms with Crippen molar-refractivity contribution in [2.45, 2.75) is 63.9 Å².